The Kier molecular flexibility index (Phi) is 6.75. The zero-order valence-corrected chi connectivity index (χ0v) is 21.8. The Balaban J connectivity index is 1.68. The molecule has 0 spiro atoms. The summed E-state index contributed by atoms with van der Waals surface area (Å²) in [6.45, 7) is 0.741. The zero-order chi connectivity index (χ0) is 24.4. The van der Waals surface area contributed by atoms with Crippen LogP contribution in [0.5, 0.6) is 0 Å². The number of sulfone groups is 1. The smallest absolute Gasteiger partial charge is 0.210 e. The molecule has 1 aliphatic rings. The highest BCUT2D eigenvalue weighted by atomic mass is 79.9. The maximum Gasteiger partial charge on any atom is 0.210 e. The third kappa shape index (κ3) is 4.90. The van der Waals surface area contributed by atoms with Crippen LogP contribution in [0.4, 0.5) is 5.69 Å². The molecule has 2 aromatic carbocycles. The van der Waals surface area contributed by atoms with Gasteiger partial charge in [0.2, 0.25) is 9.84 Å². The van der Waals surface area contributed by atoms with Crippen LogP contribution in [-0.4, -0.2) is 29.8 Å². The number of aromatic amines is 1. The van der Waals surface area contributed by atoms with Crippen molar-refractivity contribution in [3.63, 3.8) is 0 Å². The first-order valence-electron chi connectivity index (χ1n) is 11.0. The molecule has 2 N–H and O–H groups in total. The minimum Gasteiger partial charge on any atom is -0.351 e. The Labute approximate surface area is 216 Å². The van der Waals surface area contributed by atoms with Crippen molar-refractivity contribution in [2.45, 2.75) is 35.1 Å². The fourth-order valence-corrected chi connectivity index (χ4v) is 8.61. The van der Waals surface area contributed by atoms with E-state index in [1.54, 1.807) is 30.7 Å². The fourth-order valence-electron chi connectivity index (χ4n) is 4.49. The summed E-state index contributed by atoms with van der Waals surface area (Å²) in [5.74, 6) is 0. The number of hydrogen-bond acceptors (Lipinski definition) is 7. The van der Waals surface area contributed by atoms with E-state index in [4.69, 9.17) is 0 Å². The van der Waals surface area contributed by atoms with Gasteiger partial charge in [-0.15, -0.1) is 11.3 Å². The van der Waals surface area contributed by atoms with E-state index in [0.29, 0.717) is 29.3 Å². The largest absolute Gasteiger partial charge is 0.351 e. The number of fused-ring (bicyclic) bond motifs is 1. The number of H-pyrrole nitrogens is 1. The summed E-state index contributed by atoms with van der Waals surface area (Å²) in [5.41, 5.74) is 3.96. The van der Waals surface area contributed by atoms with E-state index in [-0.39, 0.29) is 0 Å². The number of nitrogens with one attached hydrogen (secondary N) is 2. The molecule has 0 bridgehead atoms. The molecule has 3 heterocycles. The van der Waals surface area contributed by atoms with Crippen molar-refractivity contribution in [2.75, 3.05) is 4.90 Å². The second kappa shape index (κ2) is 9.95. The van der Waals surface area contributed by atoms with Crippen molar-refractivity contribution < 1.29 is 8.42 Å². The summed E-state index contributed by atoms with van der Waals surface area (Å²) in [7, 11) is -3.80. The quantitative estimate of drug-likeness (QED) is 0.352. The Morgan fingerprint density at radius 3 is 2.69 bits per heavy atom. The predicted molar refractivity (Wildman–Crippen MR) is 140 cm³/mol. The van der Waals surface area contributed by atoms with Crippen LogP contribution in [0.1, 0.15) is 22.4 Å². The molecule has 0 fully saturated rings. The van der Waals surface area contributed by atoms with Crippen LogP contribution in [0.3, 0.4) is 0 Å². The van der Waals surface area contributed by atoms with Gasteiger partial charge in [0.05, 0.1) is 34.0 Å². The van der Waals surface area contributed by atoms with Gasteiger partial charge in [-0.3, -0.25) is 0 Å². The summed E-state index contributed by atoms with van der Waals surface area (Å²) in [6.07, 6.45) is 3.89. The highest BCUT2D eigenvalue weighted by molar-refractivity contribution is 9.11. The third-order valence-electron chi connectivity index (χ3n) is 6.06. The van der Waals surface area contributed by atoms with E-state index in [0.717, 1.165) is 26.3 Å². The van der Waals surface area contributed by atoms with E-state index in [1.807, 2.05) is 47.4 Å². The van der Waals surface area contributed by atoms with Crippen molar-refractivity contribution in [3.8, 4) is 6.07 Å². The van der Waals surface area contributed by atoms with Crippen LogP contribution in [0.2, 0.25) is 0 Å². The van der Waals surface area contributed by atoms with Crippen LogP contribution in [0.15, 0.2) is 81.2 Å². The monoisotopic (exact) mass is 567 g/mol. The summed E-state index contributed by atoms with van der Waals surface area (Å²) in [4.78, 5) is 9.27. The second-order valence-electron chi connectivity index (χ2n) is 8.31. The number of thiophene rings is 1. The number of rotatable bonds is 6. The van der Waals surface area contributed by atoms with Gasteiger partial charge in [-0.1, -0.05) is 30.3 Å². The standard InChI is InChI=1S/C25H22BrN5O2S2/c26-23-8-9-24(34-23)35(32,33)25-21(11-17-4-2-1-3-5-17)29-13-19-10-18(12-27)6-7-22(19)31(25)15-20-14-28-16-30-20/h1-10,14,16,21,25,29H,11,13,15H2,(H,28,30). The Morgan fingerprint density at radius 1 is 1.17 bits per heavy atom. The van der Waals surface area contributed by atoms with Crippen molar-refractivity contribution in [1.29, 1.82) is 5.26 Å². The van der Waals surface area contributed by atoms with Gasteiger partial charge in [-0.2, -0.15) is 5.26 Å². The number of benzene rings is 2. The van der Waals surface area contributed by atoms with Crippen molar-refractivity contribution in [3.05, 3.63) is 99.4 Å². The van der Waals surface area contributed by atoms with Gasteiger partial charge < -0.3 is 15.2 Å². The molecule has 0 saturated heterocycles. The number of anilines is 1. The van der Waals surface area contributed by atoms with Crippen LogP contribution in [0, 0.1) is 11.3 Å². The van der Waals surface area contributed by atoms with Gasteiger partial charge in [0.1, 0.15) is 4.21 Å². The first-order valence-corrected chi connectivity index (χ1v) is 14.1. The highest BCUT2D eigenvalue weighted by Crippen LogP contribution is 2.37. The number of aromatic nitrogens is 2. The molecule has 0 saturated carbocycles. The normalized spacial score (nSPS) is 18.0. The molecular weight excluding hydrogens is 546 g/mol. The lowest BCUT2D eigenvalue weighted by Gasteiger charge is -2.36. The molecule has 7 nitrogen and oxygen atoms in total. The van der Waals surface area contributed by atoms with Gasteiger partial charge in [0, 0.05) is 24.5 Å². The molecule has 0 amide bonds. The summed E-state index contributed by atoms with van der Waals surface area (Å²) < 4.78 is 29.6. The minimum atomic E-state index is -3.80. The van der Waals surface area contributed by atoms with Gasteiger partial charge in [0.15, 0.2) is 5.37 Å². The topological polar surface area (TPSA) is 102 Å². The van der Waals surface area contributed by atoms with Gasteiger partial charge in [0.25, 0.3) is 0 Å². The van der Waals surface area contributed by atoms with Crippen LogP contribution >= 0.6 is 27.3 Å². The average Bonchev–Trinajstić information content (AvgIpc) is 3.51. The molecule has 5 rings (SSSR count). The number of imidazole rings is 1. The van der Waals surface area contributed by atoms with E-state index >= 15 is 0 Å². The van der Waals surface area contributed by atoms with Gasteiger partial charge in [-0.25, -0.2) is 13.4 Å². The Bertz CT molecular complexity index is 1460. The molecule has 0 aliphatic carbocycles. The zero-order valence-electron chi connectivity index (χ0n) is 18.6. The van der Waals surface area contributed by atoms with Gasteiger partial charge >= 0.3 is 0 Å². The Hall–Kier alpha value is -2.97. The van der Waals surface area contributed by atoms with E-state index in [9.17, 15) is 13.7 Å². The summed E-state index contributed by atoms with van der Waals surface area (Å²) >= 11 is 4.63. The number of halogens is 1. The fraction of sp³-hybridized carbons (Fsp3) is 0.200. The maximum absolute atomic E-state index is 14.3. The Morgan fingerprint density at radius 2 is 2.00 bits per heavy atom. The van der Waals surface area contributed by atoms with Crippen molar-refractivity contribution in [2.24, 2.45) is 0 Å². The molecule has 2 aromatic heterocycles. The van der Waals surface area contributed by atoms with E-state index in [1.165, 1.54) is 11.3 Å². The first kappa shape index (κ1) is 23.8. The lowest BCUT2D eigenvalue weighted by molar-refractivity contribution is 0.464. The van der Waals surface area contributed by atoms with Crippen LogP contribution in [-0.2, 0) is 29.3 Å². The molecule has 10 heteroatoms. The SMILES string of the molecule is N#Cc1ccc2c(c1)CNC(Cc1ccccc1)C(S(=O)(=O)c1ccc(Br)s1)N2Cc1c[nH]cn1. The molecule has 2 unspecified atom stereocenters. The lowest BCUT2D eigenvalue weighted by Crippen LogP contribution is -2.53. The molecular formula is C25H22BrN5O2S2. The van der Waals surface area contributed by atoms with Crippen LogP contribution < -0.4 is 10.2 Å². The summed E-state index contributed by atoms with van der Waals surface area (Å²) in [5, 5.41) is 12.1. The molecule has 35 heavy (non-hydrogen) atoms. The highest BCUT2D eigenvalue weighted by Gasteiger charge is 2.43. The minimum absolute atomic E-state index is 0.297. The number of nitriles is 1. The van der Waals surface area contributed by atoms with Crippen molar-refractivity contribution in [1.82, 2.24) is 15.3 Å². The molecule has 4 aromatic rings. The molecule has 178 valence electrons. The van der Waals surface area contributed by atoms with Gasteiger partial charge in [-0.05, 0) is 63.8 Å². The van der Waals surface area contributed by atoms with E-state index < -0.39 is 21.3 Å². The van der Waals surface area contributed by atoms with Crippen LogP contribution in [0.25, 0.3) is 0 Å². The van der Waals surface area contributed by atoms with E-state index in [2.05, 4.69) is 37.3 Å². The first-order chi connectivity index (χ1) is 17.0. The number of nitrogens with zero attached hydrogens (tertiary/aromatic N) is 3. The molecule has 2 atom stereocenters. The molecule has 1 aliphatic heterocycles. The molecule has 0 radical (unpaired) electrons. The number of hydrogen-bond donors (Lipinski definition) is 2. The maximum atomic E-state index is 14.3. The van der Waals surface area contributed by atoms with Crippen molar-refractivity contribution >= 4 is 42.8 Å². The third-order valence-corrected chi connectivity index (χ3v) is 10.3. The summed E-state index contributed by atoms with van der Waals surface area (Å²) in [6, 6.07) is 20.5. The lowest BCUT2D eigenvalue weighted by atomic mass is 10.1. The second-order valence-corrected chi connectivity index (χ2v) is 13.0. The predicted octanol–water partition coefficient (Wildman–Crippen LogP) is 4.63. The average molecular weight is 569 g/mol.